The first kappa shape index (κ1) is 15.5. The summed E-state index contributed by atoms with van der Waals surface area (Å²) in [7, 11) is 0. The van der Waals surface area contributed by atoms with Crippen molar-refractivity contribution in [2.24, 2.45) is 0 Å². The molecule has 0 aliphatic carbocycles. The predicted molar refractivity (Wildman–Crippen MR) is 86.3 cm³/mol. The van der Waals surface area contributed by atoms with Crippen molar-refractivity contribution < 1.29 is 9.13 Å². The Labute approximate surface area is 140 Å². The van der Waals surface area contributed by atoms with Gasteiger partial charge in [-0.15, -0.1) is 0 Å². The second-order valence-corrected chi connectivity index (χ2v) is 5.36. The van der Waals surface area contributed by atoms with Gasteiger partial charge in [0.2, 0.25) is 0 Å². The molecule has 0 amide bonds. The van der Waals surface area contributed by atoms with Gasteiger partial charge in [-0.3, -0.25) is 4.79 Å². The van der Waals surface area contributed by atoms with Gasteiger partial charge in [0.25, 0.3) is 5.56 Å². The Morgan fingerprint density at radius 3 is 2.13 bits per heavy atom. The summed E-state index contributed by atoms with van der Waals surface area (Å²) in [4.78, 5) is 12.0. The quantitative estimate of drug-likeness (QED) is 0.699. The average Bonchev–Trinajstić information content (AvgIpc) is 2.56. The van der Waals surface area contributed by atoms with Gasteiger partial charge in [0.05, 0.1) is 16.9 Å². The van der Waals surface area contributed by atoms with Crippen molar-refractivity contribution in [3.63, 3.8) is 0 Å². The summed E-state index contributed by atoms with van der Waals surface area (Å²) in [5.74, 6) is 0.704. The van der Waals surface area contributed by atoms with Crippen LogP contribution in [0.5, 0.6) is 11.5 Å². The number of nitrogens with zero attached hydrogens (tertiary/aromatic N) is 2. The summed E-state index contributed by atoms with van der Waals surface area (Å²) in [6.07, 6.45) is 1.30. The molecule has 0 N–H and O–H groups in total. The zero-order valence-electron chi connectivity index (χ0n) is 11.5. The molecule has 0 unspecified atom stereocenters. The van der Waals surface area contributed by atoms with Gasteiger partial charge < -0.3 is 4.74 Å². The molecule has 116 valence electrons. The molecule has 2 aromatic carbocycles. The highest BCUT2D eigenvalue weighted by Gasteiger charge is 2.09. The molecule has 1 aromatic heterocycles. The highest BCUT2D eigenvalue weighted by molar-refractivity contribution is 6.41. The molecule has 1 heterocycles. The van der Waals surface area contributed by atoms with Crippen molar-refractivity contribution in [3.8, 4) is 17.2 Å². The first-order valence-corrected chi connectivity index (χ1v) is 7.27. The Balaban J connectivity index is 1.86. The third-order valence-corrected chi connectivity index (χ3v) is 3.76. The summed E-state index contributed by atoms with van der Waals surface area (Å²) in [5, 5.41) is 3.95. The van der Waals surface area contributed by atoms with Crippen molar-refractivity contribution in [1.82, 2.24) is 9.78 Å². The maximum absolute atomic E-state index is 12.8. The van der Waals surface area contributed by atoms with Crippen LogP contribution in [0.25, 0.3) is 5.69 Å². The summed E-state index contributed by atoms with van der Waals surface area (Å²) in [6, 6.07) is 12.3. The Bertz CT molecular complexity index is 893. The monoisotopic (exact) mass is 350 g/mol. The summed E-state index contributed by atoms with van der Waals surface area (Å²) in [5.41, 5.74) is 0.00592. The lowest BCUT2D eigenvalue weighted by molar-refractivity contribution is 0.480. The van der Waals surface area contributed by atoms with E-state index in [0.717, 1.165) is 4.68 Å². The topological polar surface area (TPSA) is 44.1 Å². The molecule has 0 spiro atoms. The molecule has 0 radical (unpaired) electrons. The number of hydrogen-bond donors (Lipinski definition) is 0. The van der Waals surface area contributed by atoms with E-state index in [4.69, 9.17) is 27.9 Å². The summed E-state index contributed by atoms with van der Waals surface area (Å²) >= 11 is 11.6. The van der Waals surface area contributed by atoms with Crippen molar-refractivity contribution in [3.05, 3.63) is 80.9 Å². The average molecular weight is 351 g/mol. The molecule has 0 bridgehead atoms. The van der Waals surface area contributed by atoms with Crippen molar-refractivity contribution in [2.45, 2.75) is 0 Å². The Hall–Kier alpha value is -2.37. The van der Waals surface area contributed by atoms with Gasteiger partial charge >= 0.3 is 0 Å². The van der Waals surface area contributed by atoms with E-state index < -0.39 is 5.56 Å². The Kier molecular flexibility index (Phi) is 4.32. The number of benzene rings is 2. The SMILES string of the molecule is O=c1c(Cl)c(Cl)cnn1-c1ccc(Oc2ccc(F)cc2)cc1. The molecule has 0 atom stereocenters. The lowest BCUT2D eigenvalue weighted by atomic mass is 10.3. The van der Waals surface area contributed by atoms with Gasteiger partial charge in [0, 0.05) is 0 Å². The molecular weight excluding hydrogens is 342 g/mol. The lowest BCUT2D eigenvalue weighted by Gasteiger charge is -2.08. The van der Waals surface area contributed by atoms with Crippen LogP contribution >= 0.6 is 23.2 Å². The van der Waals surface area contributed by atoms with E-state index in [-0.39, 0.29) is 15.9 Å². The Morgan fingerprint density at radius 1 is 0.957 bits per heavy atom. The number of halogens is 3. The number of ether oxygens (including phenoxy) is 1. The molecule has 4 nitrogen and oxygen atoms in total. The van der Waals surface area contributed by atoms with E-state index in [1.807, 2.05) is 0 Å². The minimum atomic E-state index is -0.508. The van der Waals surface area contributed by atoms with Gasteiger partial charge in [-0.2, -0.15) is 9.78 Å². The van der Waals surface area contributed by atoms with Crippen molar-refractivity contribution in [1.29, 1.82) is 0 Å². The van der Waals surface area contributed by atoms with E-state index in [1.54, 1.807) is 24.3 Å². The maximum Gasteiger partial charge on any atom is 0.291 e. The first-order valence-electron chi connectivity index (χ1n) is 6.52. The van der Waals surface area contributed by atoms with Gasteiger partial charge in [-0.25, -0.2) is 4.39 Å². The smallest absolute Gasteiger partial charge is 0.291 e. The minimum Gasteiger partial charge on any atom is -0.457 e. The highest BCUT2D eigenvalue weighted by Crippen LogP contribution is 2.23. The number of aromatic nitrogens is 2. The fourth-order valence-electron chi connectivity index (χ4n) is 1.89. The molecule has 0 saturated carbocycles. The zero-order chi connectivity index (χ0) is 16.4. The second-order valence-electron chi connectivity index (χ2n) is 4.57. The standard InChI is InChI=1S/C16H9Cl2FN2O2/c17-14-9-20-21(16(22)15(14)18)11-3-7-13(8-4-11)23-12-5-1-10(19)2-6-12/h1-9H. The van der Waals surface area contributed by atoms with E-state index in [1.165, 1.54) is 30.5 Å². The van der Waals surface area contributed by atoms with Gasteiger partial charge in [-0.05, 0) is 48.5 Å². The van der Waals surface area contributed by atoms with Gasteiger partial charge in [0.15, 0.2) is 0 Å². The first-order chi connectivity index (χ1) is 11.0. The molecule has 0 fully saturated rings. The third-order valence-electron chi connectivity index (χ3n) is 3.01. The Morgan fingerprint density at radius 2 is 1.52 bits per heavy atom. The van der Waals surface area contributed by atoms with Crippen LogP contribution in [-0.2, 0) is 0 Å². The van der Waals surface area contributed by atoms with E-state index in [0.29, 0.717) is 17.2 Å². The zero-order valence-corrected chi connectivity index (χ0v) is 13.1. The molecular formula is C16H9Cl2FN2O2. The molecule has 0 aliphatic rings. The number of hydrogen-bond acceptors (Lipinski definition) is 3. The van der Waals surface area contributed by atoms with Crippen LogP contribution < -0.4 is 10.3 Å². The molecule has 3 aromatic rings. The molecule has 23 heavy (non-hydrogen) atoms. The lowest BCUT2D eigenvalue weighted by Crippen LogP contribution is -2.21. The van der Waals surface area contributed by atoms with Gasteiger partial charge in [-0.1, -0.05) is 23.2 Å². The molecule has 3 rings (SSSR count). The van der Waals surface area contributed by atoms with Crippen LogP contribution in [0.1, 0.15) is 0 Å². The van der Waals surface area contributed by atoms with Crippen LogP contribution in [0.2, 0.25) is 10.0 Å². The second kappa shape index (κ2) is 6.40. The molecule has 0 aliphatic heterocycles. The van der Waals surface area contributed by atoms with Crippen LogP contribution in [0.15, 0.2) is 59.5 Å². The van der Waals surface area contributed by atoms with Crippen LogP contribution in [0.3, 0.4) is 0 Å². The normalized spacial score (nSPS) is 10.6. The van der Waals surface area contributed by atoms with Crippen LogP contribution in [0, 0.1) is 5.82 Å². The fourth-order valence-corrected chi connectivity index (χ4v) is 2.14. The van der Waals surface area contributed by atoms with Crippen molar-refractivity contribution in [2.75, 3.05) is 0 Å². The van der Waals surface area contributed by atoms with Crippen LogP contribution in [0.4, 0.5) is 4.39 Å². The summed E-state index contributed by atoms with van der Waals surface area (Å²) in [6.45, 7) is 0. The van der Waals surface area contributed by atoms with E-state index in [2.05, 4.69) is 5.10 Å². The largest absolute Gasteiger partial charge is 0.457 e. The minimum absolute atomic E-state index is 0.0895. The highest BCUT2D eigenvalue weighted by atomic mass is 35.5. The van der Waals surface area contributed by atoms with Crippen molar-refractivity contribution >= 4 is 23.2 Å². The van der Waals surface area contributed by atoms with E-state index >= 15 is 0 Å². The van der Waals surface area contributed by atoms with Crippen LogP contribution in [-0.4, -0.2) is 9.78 Å². The number of rotatable bonds is 3. The maximum atomic E-state index is 12.8. The third kappa shape index (κ3) is 3.36. The molecule has 0 saturated heterocycles. The molecule has 7 heteroatoms. The predicted octanol–water partition coefficient (Wildman–Crippen LogP) is 4.47. The van der Waals surface area contributed by atoms with E-state index in [9.17, 15) is 9.18 Å². The summed E-state index contributed by atoms with van der Waals surface area (Å²) < 4.78 is 19.6. The fraction of sp³-hybridized carbons (Fsp3) is 0. The van der Waals surface area contributed by atoms with Gasteiger partial charge in [0.1, 0.15) is 22.3 Å².